The Labute approximate surface area is 122 Å². The minimum absolute atomic E-state index is 0.168. The normalized spacial score (nSPS) is 12.5. The van der Waals surface area contributed by atoms with Crippen LogP contribution in [0.25, 0.3) is 0 Å². The second-order valence-corrected chi connectivity index (χ2v) is 6.00. The van der Waals surface area contributed by atoms with Crippen LogP contribution in [0.1, 0.15) is 17.2 Å². The zero-order valence-corrected chi connectivity index (χ0v) is 12.8. The summed E-state index contributed by atoms with van der Waals surface area (Å²) in [5.74, 6) is 0. The van der Waals surface area contributed by atoms with Gasteiger partial charge in [0.15, 0.2) is 0 Å². The first-order valence-electron chi connectivity index (χ1n) is 5.03. The highest BCUT2D eigenvalue weighted by molar-refractivity contribution is 9.10. The van der Waals surface area contributed by atoms with Crippen LogP contribution in [-0.2, 0) is 0 Å². The van der Waals surface area contributed by atoms with Crippen LogP contribution in [0.3, 0.4) is 0 Å². The molecular formula is C13H10Br2ClN. The van der Waals surface area contributed by atoms with Crippen LogP contribution in [0, 0.1) is 0 Å². The van der Waals surface area contributed by atoms with Crippen LogP contribution in [0.15, 0.2) is 51.4 Å². The van der Waals surface area contributed by atoms with Crippen molar-refractivity contribution in [3.05, 3.63) is 67.6 Å². The lowest BCUT2D eigenvalue weighted by atomic mass is 10.00. The Kier molecular flexibility index (Phi) is 4.26. The number of benzene rings is 2. The van der Waals surface area contributed by atoms with E-state index in [9.17, 15) is 0 Å². The van der Waals surface area contributed by atoms with E-state index in [1.54, 1.807) is 0 Å². The van der Waals surface area contributed by atoms with E-state index < -0.39 is 0 Å². The molecule has 1 atom stereocenters. The quantitative estimate of drug-likeness (QED) is 0.793. The van der Waals surface area contributed by atoms with Crippen molar-refractivity contribution in [3.63, 3.8) is 0 Å². The summed E-state index contributed by atoms with van der Waals surface area (Å²) in [5.41, 5.74) is 8.26. The summed E-state index contributed by atoms with van der Waals surface area (Å²) in [6.07, 6.45) is 0. The lowest BCUT2D eigenvalue weighted by Crippen LogP contribution is -2.11. The molecule has 1 unspecified atom stereocenters. The van der Waals surface area contributed by atoms with Gasteiger partial charge in [-0.3, -0.25) is 0 Å². The Morgan fingerprint density at radius 3 is 2.12 bits per heavy atom. The van der Waals surface area contributed by atoms with Gasteiger partial charge in [0.25, 0.3) is 0 Å². The van der Waals surface area contributed by atoms with E-state index in [2.05, 4.69) is 31.9 Å². The fourth-order valence-corrected chi connectivity index (χ4v) is 2.77. The van der Waals surface area contributed by atoms with E-state index in [1.807, 2.05) is 42.5 Å². The van der Waals surface area contributed by atoms with Crippen molar-refractivity contribution in [1.29, 1.82) is 0 Å². The van der Waals surface area contributed by atoms with Gasteiger partial charge in [-0.25, -0.2) is 0 Å². The largest absolute Gasteiger partial charge is 0.320 e. The molecule has 2 aromatic carbocycles. The van der Waals surface area contributed by atoms with Gasteiger partial charge >= 0.3 is 0 Å². The van der Waals surface area contributed by atoms with E-state index in [4.69, 9.17) is 17.3 Å². The second-order valence-electron chi connectivity index (χ2n) is 3.73. The maximum Gasteiger partial charge on any atom is 0.0552 e. The number of nitrogens with two attached hydrogens (primary N) is 1. The predicted octanol–water partition coefficient (Wildman–Crippen LogP) is 4.91. The third kappa shape index (κ3) is 3.32. The summed E-state index contributed by atoms with van der Waals surface area (Å²) in [5, 5.41) is 0.682. The lowest BCUT2D eigenvalue weighted by molar-refractivity contribution is 0.870. The van der Waals surface area contributed by atoms with Crippen LogP contribution >= 0.6 is 43.5 Å². The Morgan fingerprint density at radius 2 is 1.53 bits per heavy atom. The summed E-state index contributed by atoms with van der Waals surface area (Å²) in [4.78, 5) is 0. The van der Waals surface area contributed by atoms with Crippen molar-refractivity contribution in [2.24, 2.45) is 5.73 Å². The Hall–Kier alpha value is -0.350. The van der Waals surface area contributed by atoms with Crippen LogP contribution < -0.4 is 5.73 Å². The van der Waals surface area contributed by atoms with Crippen molar-refractivity contribution in [2.75, 3.05) is 0 Å². The zero-order valence-electron chi connectivity index (χ0n) is 8.83. The van der Waals surface area contributed by atoms with Crippen molar-refractivity contribution >= 4 is 43.5 Å². The smallest absolute Gasteiger partial charge is 0.0552 e. The summed E-state index contributed by atoms with van der Waals surface area (Å²) in [7, 11) is 0. The molecule has 0 radical (unpaired) electrons. The highest BCUT2D eigenvalue weighted by Gasteiger charge is 2.10. The van der Waals surface area contributed by atoms with Gasteiger partial charge in [-0.05, 0) is 41.5 Å². The molecular weight excluding hydrogens is 365 g/mol. The lowest BCUT2D eigenvalue weighted by Gasteiger charge is -2.13. The number of halogens is 3. The molecule has 2 N–H and O–H groups in total. The van der Waals surface area contributed by atoms with Gasteiger partial charge < -0.3 is 5.73 Å². The molecule has 17 heavy (non-hydrogen) atoms. The predicted molar refractivity (Wildman–Crippen MR) is 79.3 cm³/mol. The molecule has 0 spiro atoms. The van der Waals surface area contributed by atoms with Crippen molar-refractivity contribution in [2.45, 2.75) is 6.04 Å². The molecule has 2 aromatic rings. The molecule has 0 aliphatic rings. The van der Waals surface area contributed by atoms with Gasteiger partial charge in [0.05, 0.1) is 6.04 Å². The Balaban J connectivity index is 2.36. The average Bonchev–Trinajstić information content (AvgIpc) is 2.28. The van der Waals surface area contributed by atoms with E-state index in [0.29, 0.717) is 5.02 Å². The average molecular weight is 375 g/mol. The van der Waals surface area contributed by atoms with Gasteiger partial charge in [-0.2, -0.15) is 0 Å². The molecule has 0 fully saturated rings. The molecule has 2 rings (SSSR count). The van der Waals surface area contributed by atoms with Gasteiger partial charge in [0, 0.05) is 14.0 Å². The van der Waals surface area contributed by atoms with Gasteiger partial charge in [0.1, 0.15) is 0 Å². The van der Waals surface area contributed by atoms with Crippen molar-refractivity contribution in [1.82, 2.24) is 0 Å². The van der Waals surface area contributed by atoms with E-state index in [1.165, 1.54) is 0 Å². The first-order valence-corrected chi connectivity index (χ1v) is 7.00. The topological polar surface area (TPSA) is 26.0 Å². The Bertz CT molecular complexity index is 505. The first kappa shape index (κ1) is 13.1. The van der Waals surface area contributed by atoms with Gasteiger partial charge in [0.2, 0.25) is 0 Å². The van der Waals surface area contributed by atoms with E-state index >= 15 is 0 Å². The first-order chi connectivity index (χ1) is 8.06. The molecule has 0 saturated carbocycles. The molecule has 0 amide bonds. The fraction of sp³-hybridized carbons (Fsp3) is 0.0769. The SMILES string of the molecule is NC(c1ccc(Br)cc1)c1cc(Cl)cc(Br)c1. The molecule has 0 aliphatic heterocycles. The third-order valence-electron chi connectivity index (χ3n) is 2.47. The van der Waals surface area contributed by atoms with Crippen LogP contribution in [0.5, 0.6) is 0 Å². The zero-order chi connectivity index (χ0) is 12.4. The minimum atomic E-state index is -0.168. The van der Waals surface area contributed by atoms with Crippen molar-refractivity contribution < 1.29 is 0 Å². The van der Waals surface area contributed by atoms with Gasteiger partial charge in [-0.15, -0.1) is 0 Å². The highest BCUT2D eigenvalue weighted by atomic mass is 79.9. The molecule has 0 bridgehead atoms. The van der Waals surface area contributed by atoms with Crippen LogP contribution in [0.4, 0.5) is 0 Å². The van der Waals surface area contributed by atoms with Crippen LogP contribution in [0.2, 0.25) is 5.02 Å². The molecule has 0 aromatic heterocycles. The Morgan fingerprint density at radius 1 is 0.882 bits per heavy atom. The summed E-state index contributed by atoms with van der Waals surface area (Å²) < 4.78 is 1.98. The standard InChI is InChI=1S/C13H10Br2ClN/c14-10-3-1-8(2-4-10)13(17)9-5-11(15)7-12(16)6-9/h1-7,13H,17H2. The summed E-state index contributed by atoms with van der Waals surface area (Å²) in [6, 6.07) is 13.5. The number of hydrogen-bond acceptors (Lipinski definition) is 1. The minimum Gasteiger partial charge on any atom is -0.320 e. The molecule has 0 heterocycles. The highest BCUT2D eigenvalue weighted by Crippen LogP contribution is 2.27. The maximum absolute atomic E-state index is 6.21. The second kappa shape index (κ2) is 5.53. The van der Waals surface area contributed by atoms with E-state index in [-0.39, 0.29) is 6.04 Å². The molecule has 88 valence electrons. The molecule has 0 aliphatic carbocycles. The monoisotopic (exact) mass is 373 g/mol. The summed E-state index contributed by atoms with van der Waals surface area (Å²) >= 11 is 12.8. The van der Waals surface area contributed by atoms with Gasteiger partial charge in [-0.1, -0.05) is 55.6 Å². The van der Waals surface area contributed by atoms with E-state index in [0.717, 1.165) is 20.1 Å². The molecule has 0 saturated heterocycles. The molecule has 4 heteroatoms. The van der Waals surface area contributed by atoms with Crippen LogP contribution in [-0.4, -0.2) is 0 Å². The molecule has 1 nitrogen and oxygen atoms in total. The maximum atomic E-state index is 6.21. The van der Waals surface area contributed by atoms with Crippen molar-refractivity contribution in [3.8, 4) is 0 Å². The number of rotatable bonds is 2. The fourth-order valence-electron chi connectivity index (χ4n) is 1.62. The third-order valence-corrected chi connectivity index (χ3v) is 3.68. The summed E-state index contributed by atoms with van der Waals surface area (Å²) in [6.45, 7) is 0. The number of hydrogen-bond donors (Lipinski definition) is 1.